The summed E-state index contributed by atoms with van der Waals surface area (Å²) in [6.07, 6.45) is 0.853. The van der Waals surface area contributed by atoms with E-state index in [9.17, 15) is 4.79 Å². The van der Waals surface area contributed by atoms with E-state index in [1.54, 1.807) is 0 Å². The molecule has 1 unspecified atom stereocenters. The zero-order chi connectivity index (χ0) is 9.97. The molecule has 0 aliphatic carbocycles. The van der Waals surface area contributed by atoms with Gasteiger partial charge in [-0.2, -0.15) is 11.8 Å². The molecule has 0 amide bonds. The Morgan fingerprint density at radius 2 is 2.50 bits per heavy atom. The van der Waals surface area contributed by atoms with E-state index in [4.69, 9.17) is 9.52 Å². The van der Waals surface area contributed by atoms with E-state index in [2.05, 4.69) is 10.2 Å². The van der Waals surface area contributed by atoms with Gasteiger partial charge in [-0.1, -0.05) is 0 Å². The fourth-order valence-electron chi connectivity index (χ4n) is 1.36. The summed E-state index contributed by atoms with van der Waals surface area (Å²) < 4.78 is 5.26. The van der Waals surface area contributed by atoms with Crippen LogP contribution in [0.3, 0.4) is 0 Å². The van der Waals surface area contributed by atoms with Gasteiger partial charge in [-0.3, -0.25) is 4.79 Å². The first kappa shape index (κ1) is 9.51. The molecule has 1 atom stereocenters. The molecule has 6 heteroatoms. The van der Waals surface area contributed by atoms with Crippen LogP contribution >= 0.6 is 11.8 Å². The SMILES string of the molecule is O=C(O)Cc1nnc(C2CCSC2)o1. The smallest absolute Gasteiger partial charge is 0.312 e. The summed E-state index contributed by atoms with van der Waals surface area (Å²) in [5.74, 6) is 2.27. The van der Waals surface area contributed by atoms with E-state index in [0.717, 1.165) is 17.9 Å². The summed E-state index contributed by atoms with van der Waals surface area (Å²) >= 11 is 1.86. The molecule has 1 aromatic heterocycles. The maximum absolute atomic E-state index is 10.4. The minimum Gasteiger partial charge on any atom is -0.481 e. The summed E-state index contributed by atoms with van der Waals surface area (Å²) in [6.45, 7) is 0. The summed E-state index contributed by atoms with van der Waals surface area (Å²) in [5, 5.41) is 16.1. The molecule has 1 saturated heterocycles. The molecule has 0 bridgehead atoms. The third-order valence-electron chi connectivity index (χ3n) is 2.06. The largest absolute Gasteiger partial charge is 0.481 e. The second-order valence-corrected chi connectivity index (χ2v) is 4.31. The Balaban J connectivity index is 2.05. The highest BCUT2D eigenvalue weighted by Crippen LogP contribution is 2.31. The van der Waals surface area contributed by atoms with E-state index in [1.165, 1.54) is 0 Å². The number of aromatic nitrogens is 2. The fourth-order valence-corrected chi connectivity index (χ4v) is 2.57. The number of aliphatic carboxylic acids is 1. The maximum Gasteiger partial charge on any atom is 0.312 e. The molecular weight excluding hydrogens is 204 g/mol. The molecular formula is C8H10N2O3S. The van der Waals surface area contributed by atoms with Crippen LogP contribution in [0.5, 0.6) is 0 Å². The number of carboxylic acids is 1. The number of carbonyl (C=O) groups is 1. The first-order valence-electron chi connectivity index (χ1n) is 4.37. The van der Waals surface area contributed by atoms with Crippen LogP contribution in [0.15, 0.2) is 4.42 Å². The Morgan fingerprint density at radius 3 is 3.14 bits per heavy atom. The molecule has 14 heavy (non-hydrogen) atoms. The lowest BCUT2D eigenvalue weighted by Crippen LogP contribution is -1.99. The van der Waals surface area contributed by atoms with Crippen LogP contribution in [0.1, 0.15) is 24.1 Å². The van der Waals surface area contributed by atoms with Gasteiger partial charge in [0.25, 0.3) is 0 Å². The van der Waals surface area contributed by atoms with Crippen molar-refractivity contribution < 1.29 is 14.3 Å². The average Bonchev–Trinajstić information content (AvgIpc) is 2.69. The number of hydrogen-bond donors (Lipinski definition) is 1. The molecule has 0 radical (unpaired) electrons. The Morgan fingerprint density at radius 1 is 1.64 bits per heavy atom. The zero-order valence-electron chi connectivity index (χ0n) is 7.47. The first-order valence-corrected chi connectivity index (χ1v) is 5.53. The first-order chi connectivity index (χ1) is 6.75. The molecule has 5 nitrogen and oxygen atoms in total. The number of thioether (sulfide) groups is 1. The number of carboxylic acid groups (broad SMARTS) is 1. The predicted molar refractivity (Wildman–Crippen MR) is 50.3 cm³/mol. The van der Waals surface area contributed by atoms with Crippen molar-refractivity contribution in [2.75, 3.05) is 11.5 Å². The second-order valence-electron chi connectivity index (χ2n) is 3.17. The lowest BCUT2D eigenvalue weighted by atomic mass is 10.1. The standard InChI is InChI=1S/C8H10N2O3S/c11-7(12)3-6-9-10-8(13-6)5-1-2-14-4-5/h5H,1-4H2,(H,11,12). The summed E-state index contributed by atoms with van der Waals surface area (Å²) in [7, 11) is 0. The maximum atomic E-state index is 10.4. The van der Waals surface area contributed by atoms with Gasteiger partial charge < -0.3 is 9.52 Å². The summed E-state index contributed by atoms with van der Waals surface area (Å²) in [4.78, 5) is 10.4. The van der Waals surface area contributed by atoms with Crippen LogP contribution in [0.25, 0.3) is 0 Å². The molecule has 76 valence electrons. The van der Waals surface area contributed by atoms with E-state index < -0.39 is 5.97 Å². The highest BCUT2D eigenvalue weighted by Gasteiger charge is 2.23. The van der Waals surface area contributed by atoms with E-state index in [0.29, 0.717) is 11.8 Å². The van der Waals surface area contributed by atoms with Crippen molar-refractivity contribution in [3.63, 3.8) is 0 Å². The van der Waals surface area contributed by atoms with E-state index in [1.807, 2.05) is 11.8 Å². The Kier molecular flexibility index (Phi) is 2.72. The normalized spacial score (nSPS) is 21.3. The zero-order valence-corrected chi connectivity index (χ0v) is 8.29. The molecule has 1 fully saturated rings. The van der Waals surface area contributed by atoms with Gasteiger partial charge in [0.1, 0.15) is 6.42 Å². The molecule has 1 aromatic rings. The molecule has 2 heterocycles. The minimum absolute atomic E-state index is 0.188. The average molecular weight is 214 g/mol. The van der Waals surface area contributed by atoms with Gasteiger partial charge in [-0.25, -0.2) is 0 Å². The van der Waals surface area contributed by atoms with E-state index in [-0.39, 0.29) is 12.3 Å². The van der Waals surface area contributed by atoms with Gasteiger partial charge in [-0.15, -0.1) is 10.2 Å². The van der Waals surface area contributed by atoms with Gasteiger partial charge in [-0.05, 0) is 12.2 Å². The van der Waals surface area contributed by atoms with Gasteiger partial charge in [0.05, 0.1) is 0 Å². The predicted octanol–water partition coefficient (Wildman–Crippen LogP) is 0.917. The Labute approximate surface area is 84.9 Å². The highest BCUT2D eigenvalue weighted by molar-refractivity contribution is 7.99. The number of hydrogen-bond acceptors (Lipinski definition) is 5. The second kappa shape index (κ2) is 4.00. The van der Waals surface area contributed by atoms with Gasteiger partial charge in [0, 0.05) is 11.7 Å². The summed E-state index contributed by atoms with van der Waals surface area (Å²) in [6, 6.07) is 0. The molecule has 1 N–H and O–H groups in total. The topological polar surface area (TPSA) is 76.2 Å². The highest BCUT2D eigenvalue weighted by atomic mass is 32.2. The molecule has 1 aliphatic rings. The van der Waals surface area contributed by atoms with Crippen LogP contribution in [0, 0.1) is 0 Å². The quantitative estimate of drug-likeness (QED) is 0.806. The fraction of sp³-hybridized carbons (Fsp3) is 0.625. The third-order valence-corrected chi connectivity index (χ3v) is 3.23. The monoisotopic (exact) mass is 214 g/mol. The molecule has 1 aliphatic heterocycles. The van der Waals surface area contributed by atoms with Crippen molar-refractivity contribution in [1.82, 2.24) is 10.2 Å². The lowest BCUT2D eigenvalue weighted by molar-refractivity contribution is -0.136. The molecule has 0 saturated carbocycles. The van der Waals surface area contributed by atoms with Gasteiger partial charge in [0.15, 0.2) is 0 Å². The Hall–Kier alpha value is -1.04. The van der Waals surface area contributed by atoms with E-state index >= 15 is 0 Å². The Bertz CT molecular complexity index is 333. The minimum atomic E-state index is -0.944. The number of rotatable bonds is 3. The van der Waals surface area contributed by atoms with Crippen LogP contribution in [-0.2, 0) is 11.2 Å². The lowest BCUT2D eigenvalue weighted by Gasteiger charge is -1.98. The number of nitrogens with zero attached hydrogens (tertiary/aromatic N) is 2. The van der Waals surface area contributed by atoms with Crippen molar-refractivity contribution in [1.29, 1.82) is 0 Å². The van der Waals surface area contributed by atoms with Crippen molar-refractivity contribution >= 4 is 17.7 Å². The van der Waals surface area contributed by atoms with Crippen molar-refractivity contribution in [2.24, 2.45) is 0 Å². The van der Waals surface area contributed by atoms with Crippen LogP contribution in [0.2, 0.25) is 0 Å². The van der Waals surface area contributed by atoms with Crippen LogP contribution < -0.4 is 0 Å². The van der Waals surface area contributed by atoms with Crippen molar-refractivity contribution in [3.05, 3.63) is 11.8 Å². The summed E-state index contributed by atoms with van der Waals surface area (Å²) in [5.41, 5.74) is 0. The van der Waals surface area contributed by atoms with Gasteiger partial charge in [0.2, 0.25) is 11.8 Å². The molecule has 0 spiro atoms. The van der Waals surface area contributed by atoms with Crippen molar-refractivity contribution in [2.45, 2.75) is 18.8 Å². The molecule has 2 rings (SSSR count). The molecule has 0 aromatic carbocycles. The van der Waals surface area contributed by atoms with Crippen molar-refractivity contribution in [3.8, 4) is 0 Å². The van der Waals surface area contributed by atoms with Crippen LogP contribution in [0.4, 0.5) is 0 Å². The third kappa shape index (κ3) is 2.06. The van der Waals surface area contributed by atoms with Crippen LogP contribution in [-0.4, -0.2) is 32.8 Å². The van der Waals surface area contributed by atoms with Gasteiger partial charge >= 0.3 is 5.97 Å².